The van der Waals surface area contributed by atoms with Crippen LogP contribution in [0.1, 0.15) is 12.0 Å². The van der Waals surface area contributed by atoms with Crippen LogP contribution in [0.2, 0.25) is 0 Å². The van der Waals surface area contributed by atoms with Gasteiger partial charge in [-0.15, -0.1) is 0 Å². The highest BCUT2D eigenvalue weighted by molar-refractivity contribution is 7.91. The number of hydrogen-bond acceptors (Lipinski definition) is 5. The van der Waals surface area contributed by atoms with Crippen molar-refractivity contribution < 1.29 is 22.7 Å². The molecular formula is C19H19NO5S. The fourth-order valence-corrected chi connectivity index (χ4v) is 4.53. The van der Waals surface area contributed by atoms with Crippen LogP contribution in [0.5, 0.6) is 11.5 Å². The minimum Gasteiger partial charge on any atom is -0.486 e. The molecular weight excluding hydrogens is 354 g/mol. The molecule has 136 valence electrons. The predicted octanol–water partition coefficient (Wildman–Crippen LogP) is 2.21. The first-order valence-electron chi connectivity index (χ1n) is 8.55. The van der Waals surface area contributed by atoms with Crippen LogP contribution in [0.25, 0.3) is 0 Å². The smallest absolute Gasteiger partial charge is 0.228 e. The van der Waals surface area contributed by atoms with E-state index < -0.39 is 9.84 Å². The summed E-state index contributed by atoms with van der Waals surface area (Å²) in [6, 6.07) is 12.3. The number of benzene rings is 2. The Morgan fingerprint density at radius 2 is 1.81 bits per heavy atom. The summed E-state index contributed by atoms with van der Waals surface area (Å²) in [5.74, 6) is 0.567. The van der Waals surface area contributed by atoms with E-state index in [1.165, 1.54) is 12.1 Å². The van der Waals surface area contributed by atoms with Crippen LogP contribution in [-0.2, 0) is 21.1 Å². The fourth-order valence-electron chi connectivity index (χ4n) is 3.29. The molecule has 0 bridgehead atoms. The Labute approximate surface area is 152 Å². The number of rotatable bonds is 4. The Hall–Kier alpha value is -2.54. The lowest BCUT2D eigenvalue weighted by Crippen LogP contribution is -2.30. The highest BCUT2D eigenvalue weighted by Crippen LogP contribution is 2.33. The normalized spacial score (nSPS) is 15.6. The molecule has 4 rings (SSSR count). The summed E-state index contributed by atoms with van der Waals surface area (Å²) in [5.41, 5.74) is 2.00. The highest BCUT2D eigenvalue weighted by Gasteiger charge is 2.26. The molecule has 2 aliphatic heterocycles. The van der Waals surface area contributed by atoms with E-state index in [-0.39, 0.29) is 23.0 Å². The molecule has 0 saturated carbocycles. The molecule has 0 fully saturated rings. The largest absolute Gasteiger partial charge is 0.486 e. The number of anilines is 1. The third-order valence-electron chi connectivity index (χ3n) is 4.65. The van der Waals surface area contributed by atoms with Crippen molar-refractivity contribution >= 4 is 21.4 Å². The third-order valence-corrected chi connectivity index (χ3v) is 6.36. The zero-order chi connectivity index (χ0) is 18.1. The first kappa shape index (κ1) is 16.9. The van der Waals surface area contributed by atoms with E-state index in [1.54, 1.807) is 11.0 Å². The second-order valence-corrected chi connectivity index (χ2v) is 8.41. The Balaban J connectivity index is 1.46. The van der Waals surface area contributed by atoms with Crippen molar-refractivity contribution in [2.45, 2.75) is 17.7 Å². The molecule has 2 aliphatic rings. The third kappa shape index (κ3) is 3.14. The number of para-hydroxylation sites is 1. The lowest BCUT2D eigenvalue weighted by molar-refractivity contribution is -0.118. The summed E-state index contributed by atoms with van der Waals surface area (Å²) in [5, 5.41) is 0. The van der Waals surface area contributed by atoms with Crippen molar-refractivity contribution in [1.29, 1.82) is 0 Å². The zero-order valence-corrected chi connectivity index (χ0v) is 15.0. The van der Waals surface area contributed by atoms with Crippen molar-refractivity contribution in [2.75, 3.05) is 30.4 Å². The van der Waals surface area contributed by atoms with Crippen molar-refractivity contribution in [3.05, 3.63) is 48.0 Å². The first-order valence-corrected chi connectivity index (χ1v) is 10.2. The number of carbonyl (C=O) groups excluding carboxylic acids is 1. The van der Waals surface area contributed by atoms with Gasteiger partial charge >= 0.3 is 0 Å². The maximum absolute atomic E-state index is 12.6. The second kappa shape index (κ2) is 6.64. The number of sulfone groups is 1. The highest BCUT2D eigenvalue weighted by atomic mass is 32.2. The summed E-state index contributed by atoms with van der Waals surface area (Å²) in [4.78, 5) is 14.4. The Bertz CT molecular complexity index is 954. The Morgan fingerprint density at radius 1 is 1.04 bits per heavy atom. The number of fused-ring (bicyclic) bond motifs is 2. The Kier molecular flexibility index (Phi) is 4.32. The minimum atomic E-state index is -3.58. The summed E-state index contributed by atoms with van der Waals surface area (Å²) < 4.78 is 36.1. The van der Waals surface area contributed by atoms with Gasteiger partial charge in [-0.1, -0.05) is 18.2 Å². The van der Waals surface area contributed by atoms with Crippen molar-refractivity contribution in [3.8, 4) is 11.5 Å². The number of hydrogen-bond donors (Lipinski definition) is 0. The second-order valence-electron chi connectivity index (χ2n) is 6.30. The van der Waals surface area contributed by atoms with Gasteiger partial charge in [0.05, 0.1) is 10.6 Å². The molecule has 26 heavy (non-hydrogen) atoms. The van der Waals surface area contributed by atoms with Crippen LogP contribution in [0.15, 0.2) is 47.4 Å². The van der Waals surface area contributed by atoms with Gasteiger partial charge in [-0.25, -0.2) is 8.42 Å². The number of nitrogens with zero attached hydrogens (tertiary/aromatic N) is 1. The molecule has 2 aromatic carbocycles. The fraction of sp³-hybridized carbons (Fsp3) is 0.316. The molecule has 6 nitrogen and oxygen atoms in total. The van der Waals surface area contributed by atoms with Crippen LogP contribution in [0, 0.1) is 0 Å². The monoisotopic (exact) mass is 373 g/mol. The minimum absolute atomic E-state index is 0.0505. The van der Waals surface area contributed by atoms with E-state index >= 15 is 0 Å². The van der Waals surface area contributed by atoms with Crippen LogP contribution >= 0.6 is 0 Å². The SMILES string of the molecule is O=C(CCS(=O)(=O)c1ccc2c(c1)OCCO2)N1CCc2ccccc21. The van der Waals surface area contributed by atoms with Crippen LogP contribution in [0.3, 0.4) is 0 Å². The molecule has 2 heterocycles. The average molecular weight is 373 g/mol. The molecule has 0 radical (unpaired) electrons. The van der Waals surface area contributed by atoms with Gasteiger partial charge in [0.25, 0.3) is 0 Å². The predicted molar refractivity (Wildman–Crippen MR) is 96.6 cm³/mol. The van der Waals surface area contributed by atoms with E-state index in [1.807, 2.05) is 24.3 Å². The van der Waals surface area contributed by atoms with Gasteiger partial charge in [0, 0.05) is 24.7 Å². The van der Waals surface area contributed by atoms with Gasteiger partial charge in [0.2, 0.25) is 5.91 Å². The van der Waals surface area contributed by atoms with Gasteiger partial charge in [-0.3, -0.25) is 4.79 Å². The van der Waals surface area contributed by atoms with Gasteiger partial charge in [-0.2, -0.15) is 0 Å². The average Bonchev–Trinajstić information content (AvgIpc) is 3.10. The molecule has 0 saturated heterocycles. The maximum atomic E-state index is 12.6. The van der Waals surface area contributed by atoms with Gasteiger partial charge in [-0.05, 0) is 30.2 Å². The lowest BCUT2D eigenvalue weighted by Gasteiger charge is -2.19. The van der Waals surface area contributed by atoms with E-state index in [4.69, 9.17) is 9.47 Å². The van der Waals surface area contributed by atoms with Crippen LogP contribution in [-0.4, -0.2) is 39.8 Å². The van der Waals surface area contributed by atoms with Crippen molar-refractivity contribution in [2.24, 2.45) is 0 Å². The molecule has 7 heteroatoms. The number of amides is 1. The summed E-state index contributed by atoms with van der Waals surface area (Å²) in [6.45, 7) is 1.44. The lowest BCUT2D eigenvalue weighted by atomic mass is 10.2. The quantitative estimate of drug-likeness (QED) is 0.822. The summed E-state index contributed by atoms with van der Waals surface area (Å²) >= 11 is 0. The van der Waals surface area contributed by atoms with Gasteiger partial charge < -0.3 is 14.4 Å². The van der Waals surface area contributed by atoms with Crippen molar-refractivity contribution in [1.82, 2.24) is 0 Å². The Morgan fingerprint density at radius 3 is 2.65 bits per heavy atom. The molecule has 0 aliphatic carbocycles. The molecule has 0 aromatic heterocycles. The number of ether oxygens (including phenoxy) is 2. The number of carbonyl (C=O) groups is 1. The maximum Gasteiger partial charge on any atom is 0.228 e. The van der Waals surface area contributed by atoms with Crippen LogP contribution < -0.4 is 14.4 Å². The van der Waals surface area contributed by atoms with E-state index in [9.17, 15) is 13.2 Å². The standard InChI is InChI=1S/C19H19NO5S/c21-19(20-9-7-14-3-1-2-4-16(14)20)8-12-26(22,23)15-5-6-17-18(13-15)25-11-10-24-17/h1-6,13H,7-12H2. The molecule has 1 amide bonds. The van der Waals surface area contributed by atoms with Crippen molar-refractivity contribution in [3.63, 3.8) is 0 Å². The summed E-state index contributed by atoms with van der Waals surface area (Å²) in [6.07, 6.45) is 0.752. The molecule has 0 spiro atoms. The summed E-state index contributed by atoms with van der Waals surface area (Å²) in [7, 11) is -3.58. The van der Waals surface area contributed by atoms with E-state index in [0.29, 0.717) is 31.3 Å². The molecule has 0 unspecified atom stereocenters. The molecule has 2 aromatic rings. The molecule has 0 N–H and O–H groups in total. The van der Waals surface area contributed by atoms with Gasteiger partial charge in [0.15, 0.2) is 21.3 Å². The topological polar surface area (TPSA) is 72.9 Å². The van der Waals surface area contributed by atoms with Gasteiger partial charge in [0.1, 0.15) is 13.2 Å². The zero-order valence-electron chi connectivity index (χ0n) is 14.2. The molecule has 0 atom stereocenters. The van der Waals surface area contributed by atoms with E-state index in [2.05, 4.69) is 0 Å². The van der Waals surface area contributed by atoms with E-state index in [0.717, 1.165) is 17.7 Å². The first-order chi connectivity index (χ1) is 12.5. The van der Waals surface area contributed by atoms with Crippen LogP contribution in [0.4, 0.5) is 5.69 Å².